The minimum Gasteiger partial charge on any atom is -0.372 e. The van der Waals surface area contributed by atoms with Crippen molar-refractivity contribution < 1.29 is 4.74 Å². The second-order valence-corrected chi connectivity index (χ2v) is 6.47. The van der Waals surface area contributed by atoms with Crippen LogP contribution in [0.5, 0.6) is 0 Å². The molecule has 1 N–H and O–H groups in total. The summed E-state index contributed by atoms with van der Waals surface area (Å²) in [7, 11) is 1.90. The number of nitrogens with one attached hydrogen (secondary N) is 1. The number of rotatable bonds is 4. The minimum atomic E-state index is 0.381. The molecule has 0 bridgehead atoms. The van der Waals surface area contributed by atoms with Gasteiger partial charge in [0.05, 0.1) is 11.5 Å². The summed E-state index contributed by atoms with van der Waals surface area (Å²) in [4.78, 5) is 10.2. The normalized spacial score (nSPS) is 23.1. The zero-order valence-corrected chi connectivity index (χ0v) is 12.9. The fraction of sp³-hybridized carbons (Fsp3) is 0.600. The lowest BCUT2D eigenvalue weighted by molar-refractivity contribution is 0.00583. The van der Waals surface area contributed by atoms with Crippen LogP contribution in [0.2, 0.25) is 0 Å². The maximum Gasteiger partial charge on any atom is 0.158 e. The van der Waals surface area contributed by atoms with Crippen molar-refractivity contribution in [3.8, 4) is 0 Å². The number of hydrogen-bond acceptors (Lipinski definition) is 5. The van der Waals surface area contributed by atoms with Gasteiger partial charge < -0.3 is 10.1 Å². The molecule has 108 valence electrons. The van der Waals surface area contributed by atoms with E-state index >= 15 is 0 Å². The summed E-state index contributed by atoms with van der Waals surface area (Å²) < 4.78 is 5.99. The predicted octanol–water partition coefficient (Wildman–Crippen LogP) is 3.83. The van der Waals surface area contributed by atoms with Crippen molar-refractivity contribution in [3.05, 3.63) is 17.3 Å². The number of fused-ring (bicyclic) bond motifs is 1. The molecule has 1 fully saturated rings. The first-order valence-corrected chi connectivity index (χ1v) is 8.17. The molecule has 0 unspecified atom stereocenters. The van der Waals surface area contributed by atoms with Gasteiger partial charge in [0.15, 0.2) is 5.82 Å². The zero-order valence-electron chi connectivity index (χ0n) is 12.1. The van der Waals surface area contributed by atoms with Crippen molar-refractivity contribution in [1.82, 2.24) is 9.97 Å². The Bertz CT molecular complexity index is 576. The van der Waals surface area contributed by atoms with E-state index in [1.807, 2.05) is 12.4 Å². The number of hydrogen-bond donors (Lipinski definition) is 1. The average Bonchev–Trinajstić information content (AvgIpc) is 2.94. The summed E-state index contributed by atoms with van der Waals surface area (Å²) in [6.45, 7) is 2.84. The van der Waals surface area contributed by atoms with Crippen molar-refractivity contribution in [1.29, 1.82) is 0 Å². The maximum absolute atomic E-state index is 5.99. The molecule has 5 heteroatoms. The van der Waals surface area contributed by atoms with Crippen LogP contribution in [0.25, 0.3) is 10.2 Å². The lowest BCUT2D eigenvalue weighted by Crippen LogP contribution is -2.20. The van der Waals surface area contributed by atoms with Crippen LogP contribution < -0.4 is 5.32 Å². The third kappa shape index (κ3) is 2.94. The van der Waals surface area contributed by atoms with E-state index in [2.05, 4.69) is 28.3 Å². The van der Waals surface area contributed by atoms with Gasteiger partial charge in [-0.05, 0) is 43.0 Å². The minimum absolute atomic E-state index is 0.381. The van der Waals surface area contributed by atoms with E-state index in [4.69, 9.17) is 4.74 Å². The fourth-order valence-corrected chi connectivity index (χ4v) is 3.53. The Morgan fingerprint density at radius 2 is 2.10 bits per heavy atom. The Kier molecular flexibility index (Phi) is 4.17. The second-order valence-electron chi connectivity index (χ2n) is 5.57. The largest absolute Gasteiger partial charge is 0.372 e. The number of anilines is 1. The lowest BCUT2D eigenvalue weighted by Gasteiger charge is -2.26. The maximum atomic E-state index is 5.99. The van der Waals surface area contributed by atoms with Gasteiger partial charge in [-0.1, -0.05) is 6.92 Å². The molecule has 0 spiro atoms. The molecular weight excluding hydrogens is 270 g/mol. The van der Waals surface area contributed by atoms with E-state index in [1.165, 1.54) is 25.7 Å². The van der Waals surface area contributed by atoms with Crippen LogP contribution in [0.4, 0.5) is 5.82 Å². The highest BCUT2D eigenvalue weighted by Gasteiger charge is 2.19. The number of thiophene rings is 1. The van der Waals surface area contributed by atoms with Crippen LogP contribution >= 0.6 is 11.3 Å². The lowest BCUT2D eigenvalue weighted by atomic mass is 9.89. The van der Waals surface area contributed by atoms with Crippen LogP contribution in [0, 0.1) is 5.92 Å². The van der Waals surface area contributed by atoms with Crippen molar-refractivity contribution in [2.24, 2.45) is 5.92 Å². The van der Waals surface area contributed by atoms with E-state index in [0.717, 1.165) is 27.8 Å². The van der Waals surface area contributed by atoms with Gasteiger partial charge in [-0.3, -0.25) is 0 Å². The first-order valence-electron chi connectivity index (χ1n) is 7.29. The molecule has 0 radical (unpaired) electrons. The second kappa shape index (κ2) is 6.06. The average molecular weight is 291 g/mol. The molecule has 0 aromatic carbocycles. The first-order chi connectivity index (χ1) is 9.76. The molecule has 1 aliphatic rings. The van der Waals surface area contributed by atoms with E-state index in [0.29, 0.717) is 12.7 Å². The summed E-state index contributed by atoms with van der Waals surface area (Å²) >= 11 is 1.65. The Hall–Kier alpha value is -1.20. The molecule has 1 saturated carbocycles. The van der Waals surface area contributed by atoms with Crippen LogP contribution in [-0.2, 0) is 11.3 Å². The standard InChI is InChI=1S/C15H21N3OS/c1-10-3-5-11(6-4-10)19-9-13-17-14(16-2)12-7-8-20-15(12)18-13/h7-8,10-11H,3-6,9H2,1-2H3,(H,16,17,18). The van der Waals surface area contributed by atoms with E-state index in [9.17, 15) is 0 Å². The Balaban J connectivity index is 1.68. The molecule has 20 heavy (non-hydrogen) atoms. The van der Waals surface area contributed by atoms with E-state index in [1.54, 1.807) is 11.3 Å². The highest BCUT2D eigenvalue weighted by Crippen LogP contribution is 2.27. The zero-order chi connectivity index (χ0) is 13.9. The molecule has 1 aliphatic carbocycles. The van der Waals surface area contributed by atoms with Gasteiger partial charge >= 0.3 is 0 Å². The number of ether oxygens (including phenoxy) is 1. The first kappa shape index (κ1) is 13.8. The van der Waals surface area contributed by atoms with Gasteiger partial charge in [-0.2, -0.15) is 0 Å². The highest BCUT2D eigenvalue weighted by molar-refractivity contribution is 7.16. The van der Waals surface area contributed by atoms with Gasteiger partial charge in [0.1, 0.15) is 17.3 Å². The van der Waals surface area contributed by atoms with Gasteiger partial charge in [-0.25, -0.2) is 9.97 Å². The SMILES string of the molecule is CNc1nc(COC2CCC(C)CC2)nc2sccc12. The van der Waals surface area contributed by atoms with Crippen molar-refractivity contribution in [2.45, 2.75) is 45.3 Å². The fourth-order valence-electron chi connectivity index (χ4n) is 2.74. The summed E-state index contributed by atoms with van der Waals surface area (Å²) in [5.74, 6) is 2.53. The molecular formula is C15H21N3OS. The molecule has 0 saturated heterocycles. The topological polar surface area (TPSA) is 47.0 Å². The van der Waals surface area contributed by atoms with Gasteiger partial charge in [0, 0.05) is 7.05 Å². The van der Waals surface area contributed by atoms with Crippen molar-refractivity contribution in [2.75, 3.05) is 12.4 Å². The van der Waals surface area contributed by atoms with Crippen molar-refractivity contribution >= 4 is 27.4 Å². The van der Waals surface area contributed by atoms with Gasteiger partial charge in [0.25, 0.3) is 0 Å². The Labute approximate surface area is 123 Å². The molecule has 3 rings (SSSR count). The molecule has 2 aromatic heterocycles. The number of nitrogens with zero attached hydrogens (tertiary/aromatic N) is 2. The summed E-state index contributed by atoms with van der Waals surface area (Å²) in [5, 5.41) is 6.28. The Morgan fingerprint density at radius 1 is 1.30 bits per heavy atom. The van der Waals surface area contributed by atoms with Gasteiger partial charge in [-0.15, -0.1) is 11.3 Å². The molecule has 0 aliphatic heterocycles. The Morgan fingerprint density at radius 3 is 2.85 bits per heavy atom. The monoisotopic (exact) mass is 291 g/mol. The third-order valence-electron chi connectivity index (χ3n) is 4.02. The van der Waals surface area contributed by atoms with E-state index < -0.39 is 0 Å². The molecule has 2 heterocycles. The summed E-state index contributed by atoms with van der Waals surface area (Å²) in [5.41, 5.74) is 0. The smallest absolute Gasteiger partial charge is 0.158 e. The van der Waals surface area contributed by atoms with Gasteiger partial charge in [0.2, 0.25) is 0 Å². The number of aromatic nitrogens is 2. The quantitative estimate of drug-likeness (QED) is 0.930. The highest BCUT2D eigenvalue weighted by atomic mass is 32.1. The molecule has 0 atom stereocenters. The van der Waals surface area contributed by atoms with Crippen LogP contribution in [0.3, 0.4) is 0 Å². The van der Waals surface area contributed by atoms with Crippen molar-refractivity contribution in [3.63, 3.8) is 0 Å². The molecule has 0 amide bonds. The molecule has 2 aromatic rings. The van der Waals surface area contributed by atoms with Crippen LogP contribution in [0.1, 0.15) is 38.4 Å². The molecule has 4 nitrogen and oxygen atoms in total. The summed E-state index contributed by atoms with van der Waals surface area (Å²) in [6.07, 6.45) is 5.27. The predicted molar refractivity (Wildman–Crippen MR) is 83.2 cm³/mol. The van der Waals surface area contributed by atoms with E-state index in [-0.39, 0.29) is 0 Å². The van der Waals surface area contributed by atoms with Crippen LogP contribution in [-0.4, -0.2) is 23.1 Å². The summed E-state index contributed by atoms with van der Waals surface area (Å²) in [6, 6.07) is 2.05. The van der Waals surface area contributed by atoms with Crippen LogP contribution in [0.15, 0.2) is 11.4 Å². The third-order valence-corrected chi connectivity index (χ3v) is 4.83.